The number of nitrogen functional groups attached to an aromatic ring is 1. The number of thioether (sulfide) groups is 1. The molecule has 0 bridgehead atoms. The van der Waals surface area contributed by atoms with Crippen molar-refractivity contribution in [2.45, 2.75) is 30.4 Å². The first-order valence-corrected chi connectivity index (χ1v) is 11.4. The van der Waals surface area contributed by atoms with Crippen molar-refractivity contribution in [3.63, 3.8) is 0 Å². The quantitative estimate of drug-likeness (QED) is 0.336. The summed E-state index contributed by atoms with van der Waals surface area (Å²) in [6, 6.07) is 18.5. The summed E-state index contributed by atoms with van der Waals surface area (Å²) in [5.74, 6) is -0.522. The minimum atomic E-state index is -0.348. The first-order chi connectivity index (χ1) is 14.9. The Morgan fingerprint density at radius 3 is 2.42 bits per heavy atom. The van der Waals surface area contributed by atoms with Gasteiger partial charge in [0.05, 0.1) is 15.7 Å². The third-order valence-electron chi connectivity index (χ3n) is 4.55. The predicted molar refractivity (Wildman–Crippen MR) is 128 cm³/mol. The number of para-hydroxylation sites is 1. The molecule has 1 atom stereocenters. The largest absolute Gasteiger partial charge is 0.399 e. The molecule has 31 heavy (non-hydrogen) atoms. The molecule has 0 aliphatic carbocycles. The highest BCUT2D eigenvalue weighted by molar-refractivity contribution is 8.00. The van der Waals surface area contributed by atoms with Crippen LogP contribution in [0.5, 0.6) is 0 Å². The summed E-state index contributed by atoms with van der Waals surface area (Å²) in [4.78, 5) is 27.0. The maximum absolute atomic E-state index is 12.9. The maximum Gasteiger partial charge on any atom is 0.266 e. The lowest BCUT2D eigenvalue weighted by Crippen LogP contribution is -2.24. The highest BCUT2D eigenvalue weighted by Crippen LogP contribution is 2.34. The van der Waals surface area contributed by atoms with Gasteiger partial charge in [-0.05, 0) is 55.3 Å². The summed E-state index contributed by atoms with van der Waals surface area (Å²) >= 11 is 2.54. The van der Waals surface area contributed by atoms with Crippen molar-refractivity contribution >= 4 is 51.3 Å². The minimum Gasteiger partial charge on any atom is -0.399 e. The molecule has 0 fully saturated rings. The Labute approximate surface area is 189 Å². The van der Waals surface area contributed by atoms with Crippen LogP contribution in [0, 0.1) is 18.3 Å². The predicted octanol–water partition coefficient (Wildman–Crippen LogP) is 5.27. The second-order valence-electron chi connectivity index (χ2n) is 6.77. The fourth-order valence-corrected chi connectivity index (χ4v) is 4.90. The van der Waals surface area contributed by atoms with Gasteiger partial charge in [-0.2, -0.15) is 5.26 Å². The van der Waals surface area contributed by atoms with E-state index in [-0.39, 0.29) is 17.1 Å². The summed E-state index contributed by atoms with van der Waals surface area (Å²) in [7, 11) is 0. The molecular formula is C23H22N4O2S2. The first kappa shape index (κ1) is 22.4. The average Bonchev–Trinajstić information content (AvgIpc) is 3.08. The van der Waals surface area contributed by atoms with Crippen molar-refractivity contribution in [2.75, 3.05) is 16.4 Å². The number of benzene rings is 2. The number of rotatable bonds is 7. The Balaban J connectivity index is 1.77. The molecule has 1 aromatic heterocycles. The summed E-state index contributed by atoms with van der Waals surface area (Å²) in [6.45, 7) is 3.64. The van der Waals surface area contributed by atoms with E-state index in [9.17, 15) is 14.9 Å². The topological polar surface area (TPSA) is 108 Å². The van der Waals surface area contributed by atoms with E-state index in [1.807, 2.05) is 37.3 Å². The average molecular weight is 451 g/mol. The van der Waals surface area contributed by atoms with Crippen LogP contribution in [0.2, 0.25) is 0 Å². The SMILES string of the molecule is CCC(Sc1ccc(N)cc1)C(=O)Nc1sc(C(=O)Nc2ccccc2)c(C)c1C#N. The van der Waals surface area contributed by atoms with Crippen molar-refractivity contribution < 1.29 is 9.59 Å². The van der Waals surface area contributed by atoms with E-state index >= 15 is 0 Å². The molecule has 0 saturated heterocycles. The number of hydrogen-bond acceptors (Lipinski definition) is 6. The lowest BCUT2D eigenvalue weighted by atomic mass is 10.1. The minimum absolute atomic E-state index is 0.211. The molecule has 0 spiro atoms. The molecule has 1 unspecified atom stereocenters. The molecule has 158 valence electrons. The monoisotopic (exact) mass is 450 g/mol. The number of nitrogens with zero attached hydrogens (tertiary/aromatic N) is 1. The zero-order chi connectivity index (χ0) is 22.4. The van der Waals surface area contributed by atoms with E-state index in [0.29, 0.717) is 38.8 Å². The van der Waals surface area contributed by atoms with Gasteiger partial charge in [-0.25, -0.2) is 0 Å². The van der Waals surface area contributed by atoms with Crippen LogP contribution in [-0.2, 0) is 4.79 Å². The van der Waals surface area contributed by atoms with Gasteiger partial charge in [-0.1, -0.05) is 25.1 Å². The number of nitriles is 1. The molecule has 4 N–H and O–H groups in total. The van der Waals surface area contributed by atoms with Gasteiger partial charge in [0.1, 0.15) is 11.1 Å². The van der Waals surface area contributed by atoms with Crippen LogP contribution in [0.3, 0.4) is 0 Å². The van der Waals surface area contributed by atoms with Crippen molar-refractivity contribution in [3.8, 4) is 6.07 Å². The molecule has 8 heteroatoms. The zero-order valence-corrected chi connectivity index (χ0v) is 18.8. The van der Waals surface area contributed by atoms with Gasteiger partial charge >= 0.3 is 0 Å². The number of hydrogen-bond donors (Lipinski definition) is 3. The maximum atomic E-state index is 12.9. The number of nitrogens with two attached hydrogens (primary N) is 1. The van der Waals surface area contributed by atoms with Gasteiger partial charge in [0, 0.05) is 16.3 Å². The summed E-state index contributed by atoms with van der Waals surface area (Å²) in [6.07, 6.45) is 0.606. The van der Waals surface area contributed by atoms with E-state index in [1.165, 1.54) is 11.8 Å². The van der Waals surface area contributed by atoms with Crippen LogP contribution in [-0.4, -0.2) is 17.1 Å². The van der Waals surface area contributed by atoms with Crippen molar-refractivity contribution in [3.05, 3.63) is 70.6 Å². The fourth-order valence-electron chi connectivity index (χ4n) is 2.89. The van der Waals surface area contributed by atoms with E-state index in [0.717, 1.165) is 16.2 Å². The van der Waals surface area contributed by atoms with Gasteiger partial charge in [0.2, 0.25) is 5.91 Å². The second-order valence-corrected chi connectivity index (χ2v) is 9.06. The highest BCUT2D eigenvalue weighted by Gasteiger charge is 2.24. The molecule has 0 saturated carbocycles. The summed E-state index contributed by atoms with van der Waals surface area (Å²) in [5, 5.41) is 15.3. The Morgan fingerprint density at radius 1 is 1.13 bits per heavy atom. The number of nitrogens with one attached hydrogen (secondary N) is 2. The number of carbonyl (C=O) groups excluding carboxylic acids is 2. The molecule has 2 aromatic carbocycles. The van der Waals surface area contributed by atoms with Gasteiger partial charge in [-0.15, -0.1) is 23.1 Å². The van der Waals surface area contributed by atoms with Crippen LogP contribution in [0.4, 0.5) is 16.4 Å². The van der Waals surface area contributed by atoms with Gasteiger partial charge in [0.15, 0.2) is 0 Å². The van der Waals surface area contributed by atoms with Crippen LogP contribution in [0.15, 0.2) is 59.5 Å². The van der Waals surface area contributed by atoms with Crippen LogP contribution >= 0.6 is 23.1 Å². The second kappa shape index (κ2) is 10.2. The molecular weight excluding hydrogens is 428 g/mol. The molecule has 0 aliphatic rings. The molecule has 1 heterocycles. The Hall–Kier alpha value is -3.28. The summed E-state index contributed by atoms with van der Waals surface area (Å²) < 4.78 is 0. The highest BCUT2D eigenvalue weighted by atomic mass is 32.2. The normalized spacial score (nSPS) is 11.4. The van der Waals surface area contributed by atoms with E-state index in [2.05, 4.69) is 16.7 Å². The number of thiophene rings is 1. The lowest BCUT2D eigenvalue weighted by Gasteiger charge is -2.14. The molecule has 3 rings (SSSR count). The Kier molecular flexibility index (Phi) is 7.34. The van der Waals surface area contributed by atoms with Crippen molar-refractivity contribution in [2.24, 2.45) is 0 Å². The third kappa shape index (κ3) is 5.45. The van der Waals surface area contributed by atoms with Gasteiger partial charge in [-0.3, -0.25) is 9.59 Å². The molecule has 6 nitrogen and oxygen atoms in total. The molecule has 3 aromatic rings. The standard InChI is InChI=1S/C23H22N4O2S2/c1-3-19(30-17-11-9-15(25)10-12-17)21(28)27-23-18(13-24)14(2)20(31-23)22(29)26-16-7-5-4-6-8-16/h4-12,19H,3,25H2,1-2H3,(H,26,29)(H,27,28). The third-order valence-corrected chi connectivity index (χ3v) is 7.14. The fraction of sp³-hybridized carbons (Fsp3) is 0.174. The van der Waals surface area contributed by atoms with Gasteiger partial charge < -0.3 is 16.4 Å². The molecule has 0 radical (unpaired) electrons. The van der Waals surface area contributed by atoms with Crippen LogP contribution < -0.4 is 16.4 Å². The molecule has 0 aliphatic heterocycles. The van der Waals surface area contributed by atoms with Crippen molar-refractivity contribution in [1.29, 1.82) is 5.26 Å². The zero-order valence-electron chi connectivity index (χ0n) is 17.1. The summed E-state index contributed by atoms with van der Waals surface area (Å²) in [5.41, 5.74) is 7.91. The van der Waals surface area contributed by atoms with Crippen LogP contribution in [0.1, 0.15) is 34.1 Å². The first-order valence-electron chi connectivity index (χ1n) is 9.65. The van der Waals surface area contributed by atoms with Gasteiger partial charge in [0.25, 0.3) is 5.91 Å². The number of amides is 2. The van der Waals surface area contributed by atoms with E-state index in [4.69, 9.17) is 5.73 Å². The Morgan fingerprint density at radius 2 is 1.81 bits per heavy atom. The number of anilines is 3. The Bertz CT molecular complexity index is 1120. The van der Waals surface area contributed by atoms with E-state index < -0.39 is 0 Å². The van der Waals surface area contributed by atoms with E-state index in [1.54, 1.807) is 31.2 Å². The van der Waals surface area contributed by atoms with Crippen LogP contribution in [0.25, 0.3) is 0 Å². The van der Waals surface area contributed by atoms with Crippen molar-refractivity contribution in [1.82, 2.24) is 0 Å². The lowest BCUT2D eigenvalue weighted by molar-refractivity contribution is -0.115. The smallest absolute Gasteiger partial charge is 0.266 e. The molecule has 2 amide bonds. The number of carbonyl (C=O) groups is 2.